The summed E-state index contributed by atoms with van der Waals surface area (Å²) in [5.74, 6) is 0. The summed E-state index contributed by atoms with van der Waals surface area (Å²) in [6, 6.07) is 1.46. The maximum Gasteiger partial charge on any atom is 0.493 e. The monoisotopic (exact) mass is 538 g/mol. The summed E-state index contributed by atoms with van der Waals surface area (Å²) >= 11 is 0. The molecule has 0 saturated heterocycles. The van der Waals surface area contributed by atoms with E-state index in [0.29, 0.717) is 0 Å². The van der Waals surface area contributed by atoms with Crippen molar-refractivity contribution in [2.45, 2.75) is 65.5 Å². The largest absolute Gasteiger partial charge is 0.493 e. The molecule has 0 aliphatic carbocycles. The van der Waals surface area contributed by atoms with Gasteiger partial charge < -0.3 is 42.3 Å². The minimum Gasteiger partial charge on any atom is -0.377 e. The fourth-order valence-electron chi connectivity index (χ4n) is 4.13. The number of nitrogens with zero attached hydrogens (tertiary/aromatic N) is 2. The molecule has 0 bridgehead atoms. The molecule has 0 aromatic rings. The molecule has 0 amide bonds. The summed E-state index contributed by atoms with van der Waals surface area (Å²) in [6.45, 7) is 19.4. The van der Waals surface area contributed by atoms with Gasteiger partial charge in [0.25, 0.3) is 0 Å². The Balaban J connectivity index is 4.47. The Hall–Kier alpha value is 0.0738. The maximum absolute atomic E-state index is 6.52. The Morgan fingerprint density at radius 1 is 0.514 bits per heavy atom. The van der Waals surface area contributed by atoms with Crippen LogP contribution in [-0.2, 0) is 21.8 Å². The van der Waals surface area contributed by atoms with Crippen LogP contribution in [0.25, 0.3) is 0 Å². The van der Waals surface area contributed by atoms with E-state index >= 15 is 0 Å². The van der Waals surface area contributed by atoms with Gasteiger partial charge >= 0.3 is 17.6 Å². The van der Waals surface area contributed by atoms with E-state index in [4.69, 9.17) is 21.8 Å². The number of rotatable bonds is 26. The average molecular weight is 539 g/mol. The van der Waals surface area contributed by atoms with Crippen LogP contribution in [0.5, 0.6) is 0 Å². The quantitative estimate of drug-likeness (QED) is 0.128. The van der Waals surface area contributed by atoms with Crippen molar-refractivity contribution in [1.82, 2.24) is 20.4 Å². The van der Waals surface area contributed by atoms with E-state index in [1.165, 1.54) is 0 Å². The predicted molar refractivity (Wildman–Crippen MR) is 150 cm³/mol. The molecule has 0 unspecified atom stereocenters. The molecule has 212 valence electrons. The van der Waals surface area contributed by atoms with Gasteiger partial charge in [0.2, 0.25) is 0 Å². The number of hydrogen-bond acceptors (Lipinski definition) is 9. The zero-order valence-corrected chi connectivity index (χ0v) is 26.2. The van der Waals surface area contributed by atoms with Crippen LogP contribution >= 0.6 is 0 Å². The highest BCUT2D eigenvalue weighted by atomic mass is 28.5. The van der Waals surface area contributed by atoms with Crippen molar-refractivity contribution in [3.8, 4) is 0 Å². The fraction of sp³-hybridized carbons (Fsp3) is 1.00. The second kappa shape index (κ2) is 22.1. The third kappa shape index (κ3) is 15.2. The summed E-state index contributed by atoms with van der Waals surface area (Å²) in [7, 11) is 0.936. The van der Waals surface area contributed by atoms with Crippen LogP contribution in [0.15, 0.2) is 0 Å². The Kier molecular flexibility index (Phi) is 22.1. The molecule has 0 aromatic heterocycles. The van der Waals surface area contributed by atoms with Crippen LogP contribution < -0.4 is 10.6 Å². The van der Waals surface area contributed by atoms with Gasteiger partial charge in [0.1, 0.15) is 0 Å². The first kappa shape index (κ1) is 35.1. The first-order valence-electron chi connectivity index (χ1n) is 13.7. The van der Waals surface area contributed by atoms with Crippen molar-refractivity contribution in [2.24, 2.45) is 0 Å². The van der Waals surface area contributed by atoms with Crippen molar-refractivity contribution >= 4 is 17.6 Å². The van der Waals surface area contributed by atoms with Crippen molar-refractivity contribution in [3.05, 3.63) is 0 Å². The highest BCUT2D eigenvalue weighted by Crippen LogP contribution is 2.26. The molecule has 2 N–H and O–H groups in total. The van der Waals surface area contributed by atoms with Crippen LogP contribution in [0.1, 0.15) is 53.4 Å². The molecule has 0 spiro atoms. The molecule has 0 radical (unpaired) electrons. The van der Waals surface area contributed by atoms with Crippen LogP contribution in [-0.4, -0.2) is 121 Å². The molecule has 0 atom stereocenters. The molecule has 0 heterocycles. The zero-order chi connectivity index (χ0) is 26.4. The Labute approximate surface area is 219 Å². The number of hydrogen-bond donors (Lipinski definition) is 2. The number of nitrogens with one attached hydrogen (secondary N) is 2. The Morgan fingerprint density at radius 2 is 0.829 bits per heavy atom. The maximum atomic E-state index is 6.52. The van der Waals surface area contributed by atoms with Gasteiger partial charge in [-0.15, -0.1) is 0 Å². The lowest BCUT2D eigenvalue weighted by atomic mass is 10.3. The zero-order valence-electron chi connectivity index (χ0n) is 24.2. The van der Waals surface area contributed by atoms with Gasteiger partial charge in [-0.25, -0.2) is 0 Å². The van der Waals surface area contributed by atoms with E-state index in [2.05, 4.69) is 48.1 Å². The lowest BCUT2D eigenvalue weighted by Gasteiger charge is -2.35. The molecule has 0 fully saturated rings. The van der Waals surface area contributed by atoms with E-state index in [1.54, 1.807) is 28.4 Å². The summed E-state index contributed by atoms with van der Waals surface area (Å²) in [6.07, 6.45) is 4.15. The Bertz CT molecular complexity index is 427. The SMILES string of the molecule is CCN(CC)CCCNCCC[Si](OC)(OC)O[Si](CCCNCCCN(CC)CC)(OC)OC. The van der Waals surface area contributed by atoms with E-state index in [1.807, 2.05) is 0 Å². The van der Waals surface area contributed by atoms with Crippen LogP contribution in [0.2, 0.25) is 12.1 Å². The first-order valence-corrected chi connectivity index (χ1v) is 17.6. The molecule has 0 rings (SSSR count). The highest BCUT2D eigenvalue weighted by molar-refractivity contribution is 6.74. The molecule has 0 saturated carbocycles. The van der Waals surface area contributed by atoms with Gasteiger partial charge in [-0.1, -0.05) is 27.7 Å². The first-order chi connectivity index (χ1) is 16.9. The lowest BCUT2D eigenvalue weighted by Crippen LogP contribution is -2.57. The van der Waals surface area contributed by atoms with Gasteiger partial charge in [-0.3, -0.25) is 0 Å². The van der Waals surface area contributed by atoms with E-state index in [9.17, 15) is 0 Å². The molecule has 35 heavy (non-hydrogen) atoms. The summed E-state index contributed by atoms with van der Waals surface area (Å²) < 4.78 is 29.9. The van der Waals surface area contributed by atoms with Gasteiger partial charge in [0, 0.05) is 40.5 Å². The topological polar surface area (TPSA) is 76.7 Å². The average Bonchev–Trinajstić information content (AvgIpc) is 2.90. The van der Waals surface area contributed by atoms with E-state index < -0.39 is 17.6 Å². The van der Waals surface area contributed by atoms with Gasteiger partial charge in [0.05, 0.1) is 0 Å². The van der Waals surface area contributed by atoms with Crippen molar-refractivity contribution < 1.29 is 21.8 Å². The van der Waals surface area contributed by atoms with E-state index in [-0.39, 0.29) is 0 Å². The van der Waals surface area contributed by atoms with Crippen molar-refractivity contribution in [1.29, 1.82) is 0 Å². The molecule has 11 heteroatoms. The Morgan fingerprint density at radius 3 is 1.11 bits per heavy atom. The summed E-state index contributed by atoms with van der Waals surface area (Å²) in [4.78, 5) is 4.90. The summed E-state index contributed by atoms with van der Waals surface area (Å²) in [5.41, 5.74) is 0. The van der Waals surface area contributed by atoms with Gasteiger partial charge in [-0.05, 0) is 91.1 Å². The molecule has 0 aliphatic heterocycles. The minimum atomic E-state index is -2.88. The van der Waals surface area contributed by atoms with Crippen molar-refractivity contribution in [2.75, 3.05) is 93.9 Å². The second-order valence-electron chi connectivity index (χ2n) is 8.75. The molecule has 0 aromatic carbocycles. The molecular weight excluding hydrogens is 480 g/mol. The molecule has 9 nitrogen and oxygen atoms in total. The van der Waals surface area contributed by atoms with Crippen LogP contribution in [0.3, 0.4) is 0 Å². The minimum absolute atomic E-state index is 0.730. The summed E-state index contributed by atoms with van der Waals surface area (Å²) in [5, 5.41) is 7.08. The lowest BCUT2D eigenvalue weighted by molar-refractivity contribution is 0.0859. The third-order valence-corrected chi connectivity index (χ3v) is 13.6. The third-order valence-electron chi connectivity index (χ3n) is 6.67. The van der Waals surface area contributed by atoms with Gasteiger partial charge in [-0.2, -0.15) is 0 Å². The predicted octanol–water partition coefficient (Wildman–Crippen LogP) is 2.89. The smallest absolute Gasteiger partial charge is 0.377 e. The second-order valence-corrected chi connectivity index (χ2v) is 14.9. The highest BCUT2D eigenvalue weighted by Gasteiger charge is 2.51. The van der Waals surface area contributed by atoms with Crippen LogP contribution in [0.4, 0.5) is 0 Å². The standard InChI is InChI=1S/C24H58N4O5Si2/c1-9-27(10-2)21-13-17-25-19-15-23-34(29-5,30-6)33-35(31-7,32-8)24-16-20-26-18-14-22-28(11-3)12-4/h25-26H,9-24H2,1-8H3. The van der Waals surface area contributed by atoms with E-state index in [0.717, 1.165) is 103 Å². The van der Waals surface area contributed by atoms with Crippen molar-refractivity contribution in [3.63, 3.8) is 0 Å². The van der Waals surface area contributed by atoms with Gasteiger partial charge in [0.15, 0.2) is 0 Å². The molecular formula is C24H58N4O5Si2. The normalized spacial score (nSPS) is 12.9. The van der Waals surface area contributed by atoms with Crippen LogP contribution in [0, 0.1) is 0 Å². The fourth-order valence-corrected chi connectivity index (χ4v) is 10.5. The molecule has 0 aliphatic rings.